The average Bonchev–Trinajstić information content (AvgIpc) is 2.59. The van der Waals surface area contributed by atoms with Crippen molar-refractivity contribution < 1.29 is 14.5 Å². The van der Waals surface area contributed by atoms with Crippen molar-refractivity contribution in [3.8, 4) is 5.75 Å². The minimum atomic E-state index is -0.470. The Hall–Kier alpha value is -3.15. The van der Waals surface area contributed by atoms with E-state index in [-0.39, 0.29) is 17.6 Å². The highest BCUT2D eigenvalue weighted by molar-refractivity contribution is 5.91. The molecule has 0 bridgehead atoms. The predicted octanol–water partition coefficient (Wildman–Crippen LogP) is 3.50. The zero-order chi connectivity index (χ0) is 18.2. The number of hydrogen-bond donors (Lipinski definition) is 1. The minimum absolute atomic E-state index is 0.0115. The Balaban J connectivity index is 1.86. The molecule has 0 heterocycles. The highest BCUT2D eigenvalue weighted by atomic mass is 16.6. The molecule has 1 amide bonds. The Morgan fingerprint density at radius 1 is 1.28 bits per heavy atom. The molecule has 25 heavy (non-hydrogen) atoms. The maximum absolute atomic E-state index is 11.9. The summed E-state index contributed by atoms with van der Waals surface area (Å²) >= 11 is 0. The lowest BCUT2D eigenvalue weighted by molar-refractivity contribution is -0.384. The Morgan fingerprint density at radius 3 is 2.76 bits per heavy atom. The quantitative estimate of drug-likeness (QED) is 0.475. The molecular weight excluding hydrogens is 320 g/mol. The second-order valence-electron chi connectivity index (χ2n) is 5.67. The van der Waals surface area contributed by atoms with Crippen molar-refractivity contribution >= 4 is 17.7 Å². The van der Waals surface area contributed by atoms with E-state index in [0.717, 1.165) is 11.3 Å². The number of carbonyl (C=O) groups excluding carboxylic acids is 1. The van der Waals surface area contributed by atoms with E-state index < -0.39 is 4.92 Å². The molecule has 0 aliphatic rings. The molecule has 0 radical (unpaired) electrons. The van der Waals surface area contributed by atoms with Gasteiger partial charge in [-0.2, -0.15) is 0 Å². The number of carbonyl (C=O) groups is 1. The molecule has 0 fully saturated rings. The summed E-state index contributed by atoms with van der Waals surface area (Å²) in [7, 11) is 0. The van der Waals surface area contributed by atoms with Crippen LogP contribution in [-0.2, 0) is 4.79 Å². The van der Waals surface area contributed by atoms with Gasteiger partial charge in [0.05, 0.1) is 11.0 Å². The first-order chi connectivity index (χ1) is 12.0. The van der Waals surface area contributed by atoms with Gasteiger partial charge in [-0.25, -0.2) is 0 Å². The fourth-order valence-corrected chi connectivity index (χ4v) is 2.18. The number of para-hydroxylation sites is 1. The van der Waals surface area contributed by atoms with Crippen molar-refractivity contribution in [2.45, 2.75) is 19.9 Å². The van der Waals surface area contributed by atoms with E-state index in [9.17, 15) is 14.9 Å². The van der Waals surface area contributed by atoms with Gasteiger partial charge in [0, 0.05) is 18.2 Å². The zero-order valence-corrected chi connectivity index (χ0v) is 14.1. The summed E-state index contributed by atoms with van der Waals surface area (Å²) in [5.41, 5.74) is 1.61. The summed E-state index contributed by atoms with van der Waals surface area (Å²) < 4.78 is 5.69. The van der Waals surface area contributed by atoms with Crippen LogP contribution in [0.25, 0.3) is 6.08 Å². The van der Waals surface area contributed by atoms with Crippen molar-refractivity contribution in [2.75, 3.05) is 6.61 Å². The SMILES string of the molecule is Cc1ccccc1OCC(C)NC(=O)/C=C/c1cccc([N+](=O)[O-])c1. The minimum Gasteiger partial charge on any atom is -0.491 e. The third-order valence-corrected chi connectivity index (χ3v) is 3.48. The summed E-state index contributed by atoms with van der Waals surface area (Å²) in [5.74, 6) is 0.503. The summed E-state index contributed by atoms with van der Waals surface area (Å²) in [6, 6.07) is 13.6. The third kappa shape index (κ3) is 5.76. The number of non-ortho nitro benzene ring substituents is 1. The number of benzene rings is 2. The van der Waals surface area contributed by atoms with Gasteiger partial charge in [-0.3, -0.25) is 14.9 Å². The number of nitro benzene ring substituents is 1. The van der Waals surface area contributed by atoms with Crippen LogP contribution in [-0.4, -0.2) is 23.5 Å². The summed E-state index contributed by atoms with van der Waals surface area (Å²) in [6.07, 6.45) is 2.89. The monoisotopic (exact) mass is 340 g/mol. The summed E-state index contributed by atoms with van der Waals surface area (Å²) in [5, 5.41) is 13.5. The van der Waals surface area contributed by atoms with Crippen LogP contribution >= 0.6 is 0 Å². The van der Waals surface area contributed by atoms with Gasteiger partial charge in [-0.05, 0) is 37.1 Å². The molecule has 130 valence electrons. The van der Waals surface area contributed by atoms with Crippen molar-refractivity contribution in [1.29, 1.82) is 0 Å². The molecule has 2 aromatic rings. The maximum atomic E-state index is 11.9. The van der Waals surface area contributed by atoms with Crippen LogP contribution in [0.15, 0.2) is 54.6 Å². The smallest absolute Gasteiger partial charge is 0.270 e. The predicted molar refractivity (Wildman–Crippen MR) is 96.4 cm³/mol. The Bertz CT molecular complexity index is 786. The zero-order valence-electron chi connectivity index (χ0n) is 14.1. The normalized spacial score (nSPS) is 11.9. The van der Waals surface area contributed by atoms with Crippen LogP contribution in [0.5, 0.6) is 5.75 Å². The van der Waals surface area contributed by atoms with E-state index in [4.69, 9.17) is 4.74 Å². The molecular formula is C19H20N2O4. The van der Waals surface area contributed by atoms with Crippen molar-refractivity contribution in [3.05, 3.63) is 75.8 Å². The largest absolute Gasteiger partial charge is 0.491 e. The molecule has 2 rings (SSSR count). The van der Waals surface area contributed by atoms with Gasteiger partial charge in [0.1, 0.15) is 12.4 Å². The maximum Gasteiger partial charge on any atom is 0.270 e. The number of aryl methyl sites for hydroxylation is 1. The van der Waals surface area contributed by atoms with Crippen LogP contribution in [0.1, 0.15) is 18.1 Å². The van der Waals surface area contributed by atoms with Crippen LogP contribution in [0.4, 0.5) is 5.69 Å². The van der Waals surface area contributed by atoms with Crippen LogP contribution in [0.3, 0.4) is 0 Å². The van der Waals surface area contributed by atoms with Gasteiger partial charge in [0.2, 0.25) is 5.91 Å². The topological polar surface area (TPSA) is 81.5 Å². The van der Waals surface area contributed by atoms with Gasteiger partial charge in [-0.1, -0.05) is 30.3 Å². The number of amides is 1. The van der Waals surface area contributed by atoms with Crippen LogP contribution in [0, 0.1) is 17.0 Å². The number of nitrogens with zero attached hydrogens (tertiary/aromatic N) is 1. The highest BCUT2D eigenvalue weighted by Crippen LogP contribution is 2.16. The number of rotatable bonds is 7. The first-order valence-electron chi connectivity index (χ1n) is 7.87. The molecule has 1 atom stereocenters. The van der Waals surface area contributed by atoms with E-state index in [1.54, 1.807) is 12.1 Å². The molecule has 0 spiro atoms. The lowest BCUT2D eigenvalue weighted by Crippen LogP contribution is -2.35. The molecule has 2 aromatic carbocycles. The number of nitrogens with one attached hydrogen (secondary N) is 1. The molecule has 6 nitrogen and oxygen atoms in total. The van der Waals surface area contributed by atoms with Crippen LogP contribution < -0.4 is 10.1 Å². The van der Waals surface area contributed by atoms with Gasteiger partial charge >= 0.3 is 0 Å². The number of nitro groups is 1. The Kier molecular flexibility index (Phi) is 6.28. The Labute approximate surface area is 146 Å². The Morgan fingerprint density at radius 2 is 2.04 bits per heavy atom. The second-order valence-corrected chi connectivity index (χ2v) is 5.67. The van der Waals surface area contributed by atoms with E-state index >= 15 is 0 Å². The van der Waals surface area contributed by atoms with Crippen molar-refractivity contribution in [3.63, 3.8) is 0 Å². The molecule has 0 aliphatic heterocycles. The molecule has 1 unspecified atom stereocenters. The fourth-order valence-electron chi connectivity index (χ4n) is 2.18. The van der Waals surface area contributed by atoms with E-state index in [0.29, 0.717) is 12.2 Å². The lowest BCUT2D eigenvalue weighted by atomic mass is 10.2. The summed E-state index contributed by atoms with van der Waals surface area (Å²) in [6.45, 7) is 4.15. The average molecular weight is 340 g/mol. The molecule has 1 N–H and O–H groups in total. The standard InChI is InChI=1S/C19H20N2O4/c1-14-6-3-4-9-18(14)25-13-15(2)20-19(22)11-10-16-7-5-8-17(12-16)21(23)24/h3-12,15H,13H2,1-2H3,(H,20,22)/b11-10+. The van der Waals surface area contributed by atoms with Gasteiger partial charge < -0.3 is 10.1 Å². The number of ether oxygens (including phenoxy) is 1. The van der Waals surface area contributed by atoms with Gasteiger partial charge in [0.25, 0.3) is 5.69 Å². The summed E-state index contributed by atoms with van der Waals surface area (Å²) in [4.78, 5) is 22.2. The first-order valence-corrected chi connectivity index (χ1v) is 7.87. The molecule has 6 heteroatoms. The molecule has 0 aromatic heterocycles. The van der Waals surface area contributed by atoms with Gasteiger partial charge in [0.15, 0.2) is 0 Å². The van der Waals surface area contributed by atoms with E-state index in [2.05, 4.69) is 5.32 Å². The third-order valence-electron chi connectivity index (χ3n) is 3.48. The lowest BCUT2D eigenvalue weighted by Gasteiger charge is -2.15. The molecule has 0 saturated heterocycles. The first kappa shape index (κ1) is 18.2. The van der Waals surface area contributed by atoms with E-state index in [1.165, 1.54) is 24.3 Å². The molecule has 0 aliphatic carbocycles. The number of hydrogen-bond acceptors (Lipinski definition) is 4. The fraction of sp³-hybridized carbons (Fsp3) is 0.211. The van der Waals surface area contributed by atoms with Crippen molar-refractivity contribution in [1.82, 2.24) is 5.32 Å². The van der Waals surface area contributed by atoms with Gasteiger partial charge in [-0.15, -0.1) is 0 Å². The van der Waals surface area contributed by atoms with E-state index in [1.807, 2.05) is 38.1 Å². The van der Waals surface area contributed by atoms with Crippen LogP contribution in [0.2, 0.25) is 0 Å². The van der Waals surface area contributed by atoms with Crippen molar-refractivity contribution in [2.24, 2.45) is 0 Å². The molecule has 0 saturated carbocycles. The highest BCUT2D eigenvalue weighted by Gasteiger charge is 2.07. The second kappa shape index (κ2) is 8.63.